The highest BCUT2D eigenvalue weighted by Crippen LogP contribution is 2.44. The number of carbonyl (C=O) groups is 1. The molecule has 0 bridgehead atoms. The van der Waals surface area contributed by atoms with Crippen molar-refractivity contribution in [1.29, 1.82) is 0 Å². The fourth-order valence-corrected chi connectivity index (χ4v) is 5.20. The molecular weight excluding hydrogens is 338 g/mol. The molecule has 3 aliphatic rings. The van der Waals surface area contributed by atoms with E-state index in [1.165, 1.54) is 0 Å². The normalized spacial score (nSPS) is 33.8. The Morgan fingerprint density at radius 1 is 1.35 bits per heavy atom. The molecule has 1 unspecified atom stereocenters. The van der Waals surface area contributed by atoms with Crippen molar-refractivity contribution >= 4 is 5.91 Å². The SMILES string of the molecule is Cn1cc(CC(=O)N2C[C@@H]3CN(CC4CCC(F)(F)C4)C[C@]3(C)C2)cn1. The van der Waals surface area contributed by atoms with Crippen LogP contribution >= 0.6 is 0 Å². The van der Waals surface area contributed by atoms with Crippen LogP contribution in [0.1, 0.15) is 31.7 Å². The van der Waals surface area contributed by atoms with E-state index in [4.69, 9.17) is 0 Å². The fourth-order valence-electron chi connectivity index (χ4n) is 5.20. The van der Waals surface area contributed by atoms with E-state index in [1.54, 1.807) is 10.9 Å². The maximum Gasteiger partial charge on any atom is 0.248 e. The van der Waals surface area contributed by atoms with Crippen molar-refractivity contribution in [3.63, 3.8) is 0 Å². The first kappa shape index (κ1) is 17.9. The van der Waals surface area contributed by atoms with E-state index in [-0.39, 0.29) is 30.1 Å². The van der Waals surface area contributed by atoms with Crippen LogP contribution in [0.2, 0.25) is 0 Å². The molecule has 3 fully saturated rings. The molecule has 0 aromatic carbocycles. The number of aromatic nitrogens is 2. The maximum absolute atomic E-state index is 13.4. The van der Waals surface area contributed by atoms with Gasteiger partial charge in [-0.3, -0.25) is 9.48 Å². The van der Waals surface area contributed by atoms with Crippen LogP contribution < -0.4 is 0 Å². The molecule has 0 spiro atoms. The molecule has 1 aromatic heterocycles. The molecule has 26 heavy (non-hydrogen) atoms. The lowest BCUT2D eigenvalue weighted by molar-refractivity contribution is -0.130. The molecule has 5 nitrogen and oxygen atoms in total. The average molecular weight is 366 g/mol. The average Bonchev–Trinajstić information content (AvgIpc) is 3.23. The maximum atomic E-state index is 13.4. The van der Waals surface area contributed by atoms with Gasteiger partial charge in [-0.05, 0) is 23.8 Å². The van der Waals surface area contributed by atoms with Gasteiger partial charge in [-0.2, -0.15) is 5.10 Å². The van der Waals surface area contributed by atoms with Crippen LogP contribution in [-0.2, 0) is 18.3 Å². The highest BCUT2D eigenvalue weighted by atomic mass is 19.3. The lowest BCUT2D eigenvalue weighted by atomic mass is 9.83. The van der Waals surface area contributed by atoms with Gasteiger partial charge in [0.05, 0.1) is 12.6 Å². The number of carbonyl (C=O) groups excluding carboxylic acids is 1. The van der Waals surface area contributed by atoms with E-state index in [0.29, 0.717) is 18.8 Å². The van der Waals surface area contributed by atoms with Gasteiger partial charge in [0, 0.05) is 64.2 Å². The summed E-state index contributed by atoms with van der Waals surface area (Å²) in [5.74, 6) is -1.73. The summed E-state index contributed by atoms with van der Waals surface area (Å²) < 4.78 is 28.6. The Morgan fingerprint density at radius 2 is 2.15 bits per heavy atom. The standard InChI is InChI=1S/C19H28F2N4O/c1-18-12-24(9-14-3-4-19(20,21)6-14)10-16(18)11-25(13-18)17(26)5-15-7-22-23(2)8-15/h7-8,14,16H,3-6,9-13H2,1-2H3/t14?,16-,18+/m0/s1. The third-order valence-electron chi connectivity index (χ3n) is 6.53. The minimum Gasteiger partial charge on any atom is -0.341 e. The van der Waals surface area contributed by atoms with Gasteiger partial charge in [0.1, 0.15) is 0 Å². The Kier molecular flexibility index (Phi) is 4.33. The summed E-state index contributed by atoms with van der Waals surface area (Å²) in [4.78, 5) is 17.0. The second-order valence-corrected chi connectivity index (χ2v) is 8.98. The number of nitrogens with zero attached hydrogens (tertiary/aromatic N) is 4. The topological polar surface area (TPSA) is 41.4 Å². The summed E-state index contributed by atoms with van der Waals surface area (Å²) >= 11 is 0. The van der Waals surface area contributed by atoms with Crippen LogP contribution in [0.3, 0.4) is 0 Å². The zero-order valence-electron chi connectivity index (χ0n) is 15.6. The first-order valence-corrected chi connectivity index (χ1v) is 9.58. The summed E-state index contributed by atoms with van der Waals surface area (Å²) in [5, 5.41) is 4.12. The number of alkyl halides is 2. The molecule has 1 aliphatic carbocycles. The summed E-state index contributed by atoms with van der Waals surface area (Å²) in [5.41, 5.74) is 1.04. The Balaban J connectivity index is 1.31. The first-order chi connectivity index (χ1) is 12.2. The molecule has 0 radical (unpaired) electrons. The van der Waals surface area contributed by atoms with Crippen molar-refractivity contribution in [3.8, 4) is 0 Å². The minimum absolute atomic E-state index is 0.0423. The van der Waals surface area contributed by atoms with Gasteiger partial charge >= 0.3 is 0 Å². The van der Waals surface area contributed by atoms with E-state index in [1.807, 2.05) is 18.1 Å². The number of rotatable bonds is 4. The number of fused-ring (bicyclic) bond motifs is 1. The van der Waals surface area contributed by atoms with Crippen molar-refractivity contribution in [2.45, 2.75) is 38.5 Å². The van der Waals surface area contributed by atoms with Crippen molar-refractivity contribution < 1.29 is 13.6 Å². The highest BCUT2D eigenvalue weighted by Gasteiger charge is 2.51. The van der Waals surface area contributed by atoms with Crippen LogP contribution in [0.15, 0.2) is 12.4 Å². The summed E-state index contributed by atoms with van der Waals surface area (Å²) in [6, 6.07) is 0. The quantitative estimate of drug-likeness (QED) is 0.820. The molecule has 7 heteroatoms. The van der Waals surface area contributed by atoms with E-state index in [9.17, 15) is 13.6 Å². The van der Waals surface area contributed by atoms with Gasteiger partial charge < -0.3 is 9.80 Å². The predicted molar refractivity (Wildman–Crippen MR) is 93.8 cm³/mol. The largest absolute Gasteiger partial charge is 0.341 e. The van der Waals surface area contributed by atoms with Gasteiger partial charge in [0.15, 0.2) is 0 Å². The number of amides is 1. The van der Waals surface area contributed by atoms with Crippen molar-refractivity contribution in [2.24, 2.45) is 24.3 Å². The third-order valence-corrected chi connectivity index (χ3v) is 6.53. The molecule has 1 aromatic rings. The number of hydrogen-bond acceptors (Lipinski definition) is 3. The molecule has 1 saturated carbocycles. The van der Waals surface area contributed by atoms with E-state index >= 15 is 0 Å². The monoisotopic (exact) mass is 366 g/mol. The van der Waals surface area contributed by atoms with Gasteiger partial charge in [-0.1, -0.05) is 6.92 Å². The number of hydrogen-bond donors (Lipinski definition) is 0. The molecule has 144 valence electrons. The number of aryl methyl sites for hydroxylation is 1. The molecule has 4 rings (SSSR count). The van der Waals surface area contributed by atoms with Crippen LogP contribution in [0.25, 0.3) is 0 Å². The summed E-state index contributed by atoms with van der Waals surface area (Å²) in [6.45, 7) is 6.43. The lowest BCUT2D eigenvalue weighted by Gasteiger charge is -2.27. The van der Waals surface area contributed by atoms with Gasteiger partial charge in [0.2, 0.25) is 11.8 Å². The molecule has 1 amide bonds. The second-order valence-electron chi connectivity index (χ2n) is 8.98. The Labute approximate surface area is 153 Å². The van der Waals surface area contributed by atoms with Crippen LogP contribution in [0, 0.1) is 17.3 Å². The van der Waals surface area contributed by atoms with Crippen molar-refractivity contribution in [3.05, 3.63) is 18.0 Å². The van der Waals surface area contributed by atoms with E-state index < -0.39 is 5.92 Å². The summed E-state index contributed by atoms with van der Waals surface area (Å²) in [6.07, 6.45) is 4.76. The fraction of sp³-hybridized carbons (Fsp3) is 0.789. The zero-order valence-corrected chi connectivity index (χ0v) is 15.6. The summed E-state index contributed by atoms with van der Waals surface area (Å²) in [7, 11) is 1.85. The molecule has 2 aliphatic heterocycles. The second kappa shape index (κ2) is 6.29. The third kappa shape index (κ3) is 3.50. The van der Waals surface area contributed by atoms with Gasteiger partial charge in [-0.15, -0.1) is 0 Å². The van der Waals surface area contributed by atoms with E-state index in [0.717, 1.165) is 38.3 Å². The van der Waals surface area contributed by atoms with Crippen molar-refractivity contribution in [1.82, 2.24) is 19.6 Å². The molecule has 3 atom stereocenters. The first-order valence-electron chi connectivity index (χ1n) is 9.58. The Morgan fingerprint density at radius 3 is 2.77 bits per heavy atom. The van der Waals surface area contributed by atoms with E-state index in [2.05, 4.69) is 16.9 Å². The lowest BCUT2D eigenvalue weighted by Crippen LogP contribution is -2.37. The predicted octanol–water partition coefficient (Wildman–Crippen LogP) is 2.18. The highest BCUT2D eigenvalue weighted by molar-refractivity contribution is 5.79. The minimum atomic E-state index is -2.46. The van der Waals surface area contributed by atoms with Crippen LogP contribution in [-0.4, -0.2) is 64.1 Å². The molecule has 3 heterocycles. The molecular formula is C19H28F2N4O. The van der Waals surface area contributed by atoms with Crippen LogP contribution in [0.5, 0.6) is 0 Å². The van der Waals surface area contributed by atoms with Crippen molar-refractivity contribution in [2.75, 3.05) is 32.7 Å². The van der Waals surface area contributed by atoms with Gasteiger partial charge in [0.25, 0.3) is 0 Å². The Bertz CT molecular complexity index is 691. The Hall–Kier alpha value is -1.50. The van der Waals surface area contributed by atoms with Gasteiger partial charge in [-0.25, -0.2) is 8.78 Å². The van der Waals surface area contributed by atoms with Crippen LogP contribution in [0.4, 0.5) is 8.78 Å². The number of halogens is 2. The molecule has 2 saturated heterocycles. The zero-order chi connectivity index (χ0) is 18.5. The molecule has 0 N–H and O–H groups in total. The number of likely N-dealkylation sites (tertiary alicyclic amines) is 2. The smallest absolute Gasteiger partial charge is 0.248 e.